The number of phenols is 1. The summed E-state index contributed by atoms with van der Waals surface area (Å²) < 4.78 is 0. The Morgan fingerprint density at radius 2 is 2.26 bits per heavy atom. The molecule has 0 bridgehead atoms. The summed E-state index contributed by atoms with van der Waals surface area (Å²) in [6.07, 6.45) is 2.64. The van der Waals surface area contributed by atoms with Crippen LogP contribution in [-0.4, -0.2) is 28.5 Å². The second-order valence-electron chi connectivity index (χ2n) is 4.42. The molecule has 1 saturated heterocycles. The quantitative estimate of drug-likeness (QED) is 0.435. The number of para-hydroxylation sites is 1. The molecule has 2 rings (SSSR count). The van der Waals surface area contributed by atoms with Crippen LogP contribution in [0.3, 0.4) is 0 Å². The molecular formula is C12H15N3O4. The molecule has 1 aliphatic heterocycles. The molecule has 1 aromatic carbocycles. The Labute approximate surface area is 109 Å². The summed E-state index contributed by atoms with van der Waals surface area (Å²) in [6.45, 7) is 0.751. The zero-order chi connectivity index (χ0) is 13.8. The van der Waals surface area contributed by atoms with Gasteiger partial charge in [-0.1, -0.05) is 12.5 Å². The Morgan fingerprint density at radius 1 is 1.47 bits per heavy atom. The number of hydrogen-bond acceptors (Lipinski definition) is 5. The van der Waals surface area contributed by atoms with E-state index in [0.29, 0.717) is 6.42 Å². The number of nitro benzene ring substituents is 1. The molecular weight excluding hydrogens is 250 g/mol. The highest BCUT2D eigenvalue weighted by molar-refractivity contribution is 5.98. The van der Waals surface area contributed by atoms with Crippen LogP contribution in [0.5, 0.6) is 5.75 Å². The summed E-state index contributed by atoms with van der Waals surface area (Å²) >= 11 is 0. The van der Waals surface area contributed by atoms with Gasteiger partial charge in [-0.05, 0) is 25.5 Å². The predicted octanol–water partition coefficient (Wildman–Crippen LogP) is 1.38. The van der Waals surface area contributed by atoms with Gasteiger partial charge in [0.25, 0.3) is 5.69 Å². The lowest BCUT2D eigenvalue weighted by Crippen LogP contribution is -2.43. The maximum Gasteiger partial charge on any atom is 0.296 e. The minimum atomic E-state index is -0.635. The average molecular weight is 265 g/mol. The van der Waals surface area contributed by atoms with E-state index in [1.807, 2.05) is 0 Å². The highest BCUT2D eigenvalue weighted by Gasteiger charge is 2.25. The topological polar surface area (TPSA) is 104 Å². The van der Waals surface area contributed by atoms with Crippen LogP contribution in [0.4, 0.5) is 11.4 Å². The van der Waals surface area contributed by atoms with Gasteiger partial charge < -0.3 is 15.7 Å². The fourth-order valence-corrected chi connectivity index (χ4v) is 2.09. The van der Waals surface area contributed by atoms with Crippen molar-refractivity contribution in [3.63, 3.8) is 0 Å². The van der Waals surface area contributed by atoms with Crippen molar-refractivity contribution in [2.75, 3.05) is 11.9 Å². The second kappa shape index (κ2) is 5.66. The van der Waals surface area contributed by atoms with E-state index in [1.54, 1.807) is 0 Å². The molecule has 0 aliphatic carbocycles. The van der Waals surface area contributed by atoms with Gasteiger partial charge in [-0.15, -0.1) is 0 Å². The van der Waals surface area contributed by atoms with Crippen molar-refractivity contribution in [3.8, 4) is 5.75 Å². The summed E-state index contributed by atoms with van der Waals surface area (Å²) in [7, 11) is 0. The van der Waals surface area contributed by atoms with Crippen LogP contribution in [0, 0.1) is 10.1 Å². The molecule has 7 heteroatoms. The molecule has 0 unspecified atom stereocenters. The molecule has 1 heterocycles. The van der Waals surface area contributed by atoms with Gasteiger partial charge in [0.2, 0.25) is 5.91 Å². The molecule has 3 N–H and O–H groups in total. The Bertz CT molecular complexity index is 498. The third-order valence-electron chi connectivity index (χ3n) is 3.09. The molecule has 0 radical (unpaired) electrons. The average Bonchev–Trinajstić information content (AvgIpc) is 2.41. The Hall–Kier alpha value is -2.15. The van der Waals surface area contributed by atoms with Gasteiger partial charge in [0.15, 0.2) is 5.69 Å². The number of nitro groups is 1. The molecule has 19 heavy (non-hydrogen) atoms. The third kappa shape index (κ3) is 3.00. The zero-order valence-corrected chi connectivity index (χ0v) is 10.3. The van der Waals surface area contributed by atoms with Crippen LogP contribution >= 0.6 is 0 Å². The van der Waals surface area contributed by atoms with Crippen molar-refractivity contribution in [1.82, 2.24) is 5.32 Å². The lowest BCUT2D eigenvalue weighted by molar-refractivity contribution is -0.384. The van der Waals surface area contributed by atoms with Crippen LogP contribution in [0.25, 0.3) is 0 Å². The van der Waals surface area contributed by atoms with E-state index in [2.05, 4.69) is 10.6 Å². The molecule has 1 aromatic rings. The van der Waals surface area contributed by atoms with Gasteiger partial charge in [0.05, 0.1) is 11.0 Å². The van der Waals surface area contributed by atoms with Crippen molar-refractivity contribution in [1.29, 1.82) is 0 Å². The first-order valence-corrected chi connectivity index (χ1v) is 6.10. The van der Waals surface area contributed by atoms with E-state index < -0.39 is 4.92 Å². The summed E-state index contributed by atoms with van der Waals surface area (Å²) in [6, 6.07) is 3.54. The Morgan fingerprint density at radius 3 is 2.89 bits per heavy atom. The number of phenolic OH excluding ortho intramolecular Hbond substituents is 1. The largest absolute Gasteiger partial charge is 0.505 e. The first-order chi connectivity index (χ1) is 9.09. The van der Waals surface area contributed by atoms with E-state index in [0.717, 1.165) is 19.4 Å². The van der Waals surface area contributed by atoms with Gasteiger partial charge in [-0.2, -0.15) is 0 Å². The van der Waals surface area contributed by atoms with Crippen LogP contribution < -0.4 is 10.6 Å². The minimum Gasteiger partial charge on any atom is -0.505 e. The van der Waals surface area contributed by atoms with Crippen LogP contribution in [0.2, 0.25) is 0 Å². The number of carbonyl (C=O) groups is 1. The molecule has 0 spiro atoms. The number of aromatic hydroxyl groups is 1. The van der Waals surface area contributed by atoms with Crippen LogP contribution in [0.15, 0.2) is 18.2 Å². The number of carbonyl (C=O) groups excluding carboxylic acids is 1. The summed E-state index contributed by atoms with van der Waals surface area (Å²) in [5, 5.41) is 26.0. The number of nitrogens with zero attached hydrogens (tertiary/aromatic N) is 1. The summed E-state index contributed by atoms with van der Waals surface area (Å²) in [5.74, 6) is -0.664. The normalized spacial score (nSPS) is 18.8. The Kier molecular flexibility index (Phi) is 3.96. The summed E-state index contributed by atoms with van der Waals surface area (Å²) in [5.41, 5.74) is -0.464. The molecule has 1 amide bonds. The fraction of sp³-hybridized carbons (Fsp3) is 0.417. The van der Waals surface area contributed by atoms with Gasteiger partial charge in [0, 0.05) is 6.07 Å². The van der Waals surface area contributed by atoms with E-state index in [-0.39, 0.29) is 29.1 Å². The molecule has 1 atom stereocenters. The number of piperidine rings is 1. The molecule has 0 aromatic heterocycles. The summed E-state index contributed by atoms with van der Waals surface area (Å²) in [4.78, 5) is 22.2. The molecule has 7 nitrogen and oxygen atoms in total. The Balaban J connectivity index is 2.18. The zero-order valence-electron chi connectivity index (χ0n) is 10.3. The van der Waals surface area contributed by atoms with E-state index in [4.69, 9.17) is 0 Å². The van der Waals surface area contributed by atoms with Crippen molar-refractivity contribution in [2.24, 2.45) is 0 Å². The number of benzene rings is 1. The first kappa shape index (κ1) is 13.3. The molecule has 102 valence electrons. The van der Waals surface area contributed by atoms with Gasteiger partial charge >= 0.3 is 0 Å². The van der Waals surface area contributed by atoms with E-state index >= 15 is 0 Å². The SMILES string of the molecule is O=C(Nc1c(O)cccc1[N+](=O)[O-])[C@@H]1CCCCN1. The minimum absolute atomic E-state index is 0.148. The highest BCUT2D eigenvalue weighted by atomic mass is 16.6. The third-order valence-corrected chi connectivity index (χ3v) is 3.09. The van der Waals surface area contributed by atoms with Crippen molar-refractivity contribution in [2.45, 2.75) is 25.3 Å². The number of anilines is 1. The maximum absolute atomic E-state index is 12.0. The lowest BCUT2D eigenvalue weighted by Gasteiger charge is -2.22. The van der Waals surface area contributed by atoms with Crippen molar-refractivity contribution < 1.29 is 14.8 Å². The number of rotatable bonds is 3. The van der Waals surface area contributed by atoms with Gasteiger partial charge in [0.1, 0.15) is 5.75 Å². The highest BCUT2D eigenvalue weighted by Crippen LogP contribution is 2.33. The van der Waals surface area contributed by atoms with E-state index in [9.17, 15) is 20.0 Å². The predicted molar refractivity (Wildman–Crippen MR) is 69.0 cm³/mol. The van der Waals surface area contributed by atoms with Crippen LogP contribution in [-0.2, 0) is 4.79 Å². The number of amides is 1. The smallest absolute Gasteiger partial charge is 0.296 e. The molecule has 1 fully saturated rings. The lowest BCUT2D eigenvalue weighted by atomic mass is 10.0. The van der Waals surface area contributed by atoms with E-state index in [1.165, 1.54) is 18.2 Å². The second-order valence-corrected chi connectivity index (χ2v) is 4.42. The van der Waals surface area contributed by atoms with Crippen molar-refractivity contribution in [3.05, 3.63) is 28.3 Å². The van der Waals surface area contributed by atoms with Gasteiger partial charge in [-0.3, -0.25) is 14.9 Å². The van der Waals surface area contributed by atoms with Gasteiger partial charge in [-0.25, -0.2) is 0 Å². The standard InChI is InChI=1S/C12H15N3O4/c16-10-6-3-5-9(15(18)19)11(10)14-12(17)8-4-1-2-7-13-8/h3,5-6,8,13,16H,1-2,4,7H2,(H,14,17)/t8-/m0/s1. The molecule has 1 aliphatic rings. The van der Waals surface area contributed by atoms with Crippen LogP contribution in [0.1, 0.15) is 19.3 Å². The maximum atomic E-state index is 12.0. The first-order valence-electron chi connectivity index (χ1n) is 6.10. The van der Waals surface area contributed by atoms with Crippen molar-refractivity contribution >= 4 is 17.3 Å². The molecule has 0 saturated carbocycles. The number of hydrogen-bond donors (Lipinski definition) is 3. The fourth-order valence-electron chi connectivity index (χ4n) is 2.09. The monoisotopic (exact) mass is 265 g/mol. The number of nitrogens with one attached hydrogen (secondary N) is 2.